The van der Waals surface area contributed by atoms with Gasteiger partial charge in [-0.1, -0.05) is 35.3 Å². The number of carbonyl (C=O) groups is 1. The smallest absolute Gasteiger partial charge is 0.304 e. The van der Waals surface area contributed by atoms with Gasteiger partial charge in [-0.2, -0.15) is 0 Å². The lowest BCUT2D eigenvalue weighted by Gasteiger charge is -2.24. The Morgan fingerprint density at radius 2 is 1.98 bits per heavy atom. The molecule has 8 heteroatoms. The van der Waals surface area contributed by atoms with Crippen molar-refractivity contribution >= 4 is 38.6 Å². The Kier molecular flexibility index (Phi) is 9.50. The van der Waals surface area contributed by atoms with Crippen LogP contribution in [0.3, 0.4) is 0 Å². The second-order valence-corrected chi connectivity index (χ2v) is 12.9. The molecule has 0 radical (unpaired) electrons. The second-order valence-electron chi connectivity index (χ2n) is 10.3. The minimum atomic E-state index is -0.893. The molecular formula is C33H33NO5S2. The minimum absolute atomic E-state index is 0.0640. The van der Waals surface area contributed by atoms with E-state index in [9.17, 15) is 9.35 Å². The number of aliphatic carboxylic acids is 1. The number of rotatable bonds is 10. The van der Waals surface area contributed by atoms with E-state index in [1.54, 1.807) is 30.5 Å². The third-order valence-corrected chi connectivity index (χ3v) is 9.71. The monoisotopic (exact) mass is 587 g/mol. The highest BCUT2D eigenvalue weighted by Crippen LogP contribution is 2.37. The number of hydrogen-bond donors (Lipinski definition) is 1. The Balaban J connectivity index is 1.25. The van der Waals surface area contributed by atoms with E-state index in [2.05, 4.69) is 59.5 Å². The molecule has 2 aromatic heterocycles. The van der Waals surface area contributed by atoms with Crippen LogP contribution in [0.4, 0.5) is 0 Å². The Bertz CT molecular complexity index is 1560. The van der Waals surface area contributed by atoms with Gasteiger partial charge in [0, 0.05) is 33.8 Å². The zero-order valence-corrected chi connectivity index (χ0v) is 24.9. The lowest BCUT2D eigenvalue weighted by atomic mass is 9.98. The number of fused-ring (bicyclic) bond motifs is 1. The number of carboxylic acids is 1. The summed E-state index contributed by atoms with van der Waals surface area (Å²) in [4.78, 5) is 15.6. The highest BCUT2D eigenvalue weighted by Gasteiger charge is 2.22. The molecule has 0 aliphatic carbocycles. The van der Waals surface area contributed by atoms with Gasteiger partial charge < -0.3 is 19.1 Å². The molecule has 0 bridgehead atoms. The normalized spacial score (nSPS) is 17.4. The Morgan fingerprint density at radius 3 is 2.68 bits per heavy atom. The number of benzene rings is 2. The van der Waals surface area contributed by atoms with E-state index in [4.69, 9.17) is 14.6 Å². The molecule has 5 rings (SSSR count). The van der Waals surface area contributed by atoms with Crippen LogP contribution in [0.2, 0.25) is 0 Å². The summed E-state index contributed by atoms with van der Waals surface area (Å²) in [5, 5.41) is 12.5. The van der Waals surface area contributed by atoms with Crippen molar-refractivity contribution < 1.29 is 23.9 Å². The van der Waals surface area contributed by atoms with Crippen LogP contribution in [0.25, 0.3) is 21.2 Å². The van der Waals surface area contributed by atoms with Crippen LogP contribution < -0.4 is 9.47 Å². The van der Waals surface area contributed by atoms with Crippen molar-refractivity contribution in [1.82, 2.24) is 4.98 Å². The maximum Gasteiger partial charge on any atom is 0.304 e. The molecule has 1 fully saturated rings. The van der Waals surface area contributed by atoms with E-state index in [0.717, 1.165) is 46.8 Å². The third-order valence-electron chi connectivity index (χ3n) is 7.36. The summed E-state index contributed by atoms with van der Waals surface area (Å²) in [5.74, 6) is 7.86. The minimum Gasteiger partial charge on any atom is -0.616 e. The second kappa shape index (κ2) is 13.4. The molecule has 0 spiro atoms. The van der Waals surface area contributed by atoms with Gasteiger partial charge in [-0.3, -0.25) is 4.79 Å². The summed E-state index contributed by atoms with van der Waals surface area (Å²) in [6.45, 7) is 4.86. The average molecular weight is 588 g/mol. The molecule has 41 heavy (non-hydrogen) atoms. The van der Waals surface area contributed by atoms with E-state index in [1.165, 1.54) is 21.2 Å². The highest BCUT2D eigenvalue weighted by atomic mass is 32.2. The lowest BCUT2D eigenvalue weighted by Crippen LogP contribution is -2.26. The van der Waals surface area contributed by atoms with E-state index in [1.807, 2.05) is 12.1 Å². The summed E-state index contributed by atoms with van der Waals surface area (Å²) in [6.07, 6.45) is 3.52. The first-order chi connectivity index (χ1) is 19.9. The fraction of sp³-hybridized carbons (Fsp3) is 0.333. The zero-order valence-electron chi connectivity index (χ0n) is 23.2. The fourth-order valence-corrected chi connectivity index (χ4v) is 7.41. The van der Waals surface area contributed by atoms with Gasteiger partial charge in [-0.25, -0.2) is 4.98 Å². The largest absolute Gasteiger partial charge is 0.616 e. The molecule has 0 saturated carbocycles. The zero-order chi connectivity index (χ0) is 28.8. The highest BCUT2D eigenvalue weighted by molar-refractivity contribution is 7.91. The molecule has 3 heterocycles. The van der Waals surface area contributed by atoms with Gasteiger partial charge in [0.05, 0.1) is 18.9 Å². The first-order valence-electron chi connectivity index (χ1n) is 13.7. The number of aromatic nitrogens is 1. The van der Waals surface area contributed by atoms with Crippen molar-refractivity contribution in [2.45, 2.75) is 45.6 Å². The Morgan fingerprint density at radius 1 is 1.15 bits per heavy atom. The summed E-state index contributed by atoms with van der Waals surface area (Å²) >= 11 is 1.08. The molecule has 1 aliphatic heterocycles. The van der Waals surface area contributed by atoms with Gasteiger partial charge in [0.1, 0.15) is 23.9 Å². The van der Waals surface area contributed by atoms with Gasteiger partial charge in [0.2, 0.25) is 5.88 Å². The molecule has 6 nitrogen and oxygen atoms in total. The summed E-state index contributed by atoms with van der Waals surface area (Å²) in [5.41, 5.74) is 5.33. The number of hydrogen-bond acceptors (Lipinski definition) is 6. The van der Waals surface area contributed by atoms with Gasteiger partial charge >= 0.3 is 5.97 Å². The molecule has 2 aromatic carbocycles. The molecule has 1 saturated heterocycles. The molecule has 212 valence electrons. The molecule has 1 atom stereocenters. The van der Waals surface area contributed by atoms with Crippen LogP contribution in [0, 0.1) is 24.7 Å². The SMILES string of the molecule is CC#CC(CC(=O)O)c1ccc(OCc2ccc3scc(-c4ccc(OCC5CC[S+]([O-])CC5)cc4C)c3c2)nc1. The maximum atomic E-state index is 11.6. The Labute approximate surface area is 247 Å². The van der Waals surface area contributed by atoms with Crippen molar-refractivity contribution in [3.8, 4) is 34.6 Å². The first kappa shape index (κ1) is 29.0. The van der Waals surface area contributed by atoms with E-state index in [0.29, 0.717) is 25.0 Å². The predicted molar refractivity (Wildman–Crippen MR) is 165 cm³/mol. The number of ether oxygens (including phenoxy) is 2. The maximum absolute atomic E-state index is 11.6. The summed E-state index contributed by atoms with van der Waals surface area (Å²) in [7, 11) is 0. The van der Waals surface area contributed by atoms with Crippen LogP contribution in [0.5, 0.6) is 11.6 Å². The average Bonchev–Trinajstić information content (AvgIpc) is 3.39. The number of aryl methyl sites for hydroxylation is 1. The third kappa shape index (κ3) is 7.42. The molecular weight excluding hydrogens is 554 g/mol. The number of carboxylic acid groups (broad SMARTS) is 1. The van der Waals surface area contributed by atoms with E-state index in [-0.39, 0.29) is 6.42 Å². The number of pyridine rings is 1. The van der Waals surface area contributed by atoms with Gasteiger partial charge in [-0.15, -0.1) is 17.3 Å². The quantitative estimate of drug-likeness (QED) is 0.159. The Hall–Kier alpha value is -3.51. The van der Waals surface area contributed by atoms with E-state index >= 15 is 0 Å². The molecule has 1 unspecified atom stereocenters. The predicted octanol–water partition coefficient (Wildman–Crippen LogP) is 6.97. The van der Waals surface area contributed by atoms with Gasteiger partial charge in [-0.05, 0) is 78.6 Å². The van der Waals surface area contributed by atoms with Crippen molar-refractivity contribution in [1.29, 1.82) is 0 Å². The summed E-state index contributed by atoms with van der Waals surface area (Å²) in [6, 6.07) is 16.2. The van der Waals surface area contributed by atoms with Crippen LogP contribution in [-0.2, 0) is 22.6 Å². The first-order valence-corrected chi connectivity index (χ1v) is 16.1. The van der Waals surface area contributed by atoms with Crippen molar-refractivity contribution in [3.63, 3.8) is 0 Å². The molecule has 1 N–H and O–H groups in total. The van der Waals surface area contributed by atoms with Crippen LogP contribution >= 0.6 is 11.3 Å². The lowest BCUT2D eigenvalue weighted by molar-refractivity contribution is -0.137. The van der Waals surface area contributed by atoms with Crippen molar-refractivity contribution in [3.05, 3.63) is 76.8 Å². The topological polar surface area (TPSA) is 91.7 Å². The van der Waals surface area contributed by atoms with Crippen LogP contribution in [0.15, 0.2) is 60.1 Å². The summed E-state index contributed by atoms with van der Waals surface area (Å²) < 4.78 is 24.9. The standard InChI is InChI=1S/C33H33NO5S2/c1-3-4-25(17-33(35)36)26-6-10-32(34-18-26)39-20-24-5-9-31-29(16-24)30(21-40-31)28-8-7-27(15-22(28)2)38-19-23-11-13-41(37)14-12-23/h5-10,15-16,18,21,23,25H,11-14,17,19-20H2,1-2H3,(H,35,36). The fourth-order valence-electron chi connectivity index (χ4n) is 5.07. The van der Waals surface area contributed by atoms with E-state index < -0.39 is 23.1 Å². The van der Waals surface area contributed by atoms with Crippen molar-refractivity contribution in [2.75, 3.05) is 18.1 Å². The van der Waals surface area contributed by atoms with Crippen LogP contribution in [0.1, 0.15) is 48.8 Å². The molecule has 0 amide bonds. The molecule has 1 aliphatic rings. The number of nitrogens with zero attached hydrogens (tertiary/aromatic N) is 1. The molecule has 4 aromatic rings. The van der Waals surface area contributed by atoms with Crippen molar-refractivity contribution in [2.24, 2.45) is 5.92 Å². The van der Waals surface area contributed by atoms with Gasteiger partial charge in [0.25, 0.3) is 0 Å². The number of thiophene rings is 1. The van der Waals surface area contributed by atoms with Gasteiger partial charge in [0.15, 0.2) is 0 Å². The van der Waals surface area contributed by atoms with Crippen LogP contribution in [-0.4, -0.2) is 38.7 Å².